The predicted molar refractivity (Wildman–Crippen MR) is 59.5 cm³/mol. The number of nitrogens with zero attached hydrogens (tertiary/aromatic N) is 1. The Bertz CT molecular complexity index is 474. The minimum absolute atomic E-state index is 0.172. The van der Waals surface area contributed by atoms with Gasteiger partial charge in [0.15, 0.2) is 0 Å². The molecular weight excluding hydrogens is 209 g/mol. The van der Waals surface area contributed by atoms with E-state index >= 15 is 0 Å². The molecule has 1 aliphatic rings. The zero-order valence-electron chi connectivity index (χ0n) is 8.11. The van der Waals surface area contributed by atoms with E-state index in [1.54, 1.807) is 12.3 Å². The summed E-state index contributed by atoms with van der Waals surface area (Å²) in [6.07, 6.45) is 4.19. The average molecular weight is 219 g/mol. The van der Waals surface area contributed by atoms with Gasteiger partial charge in [0.05, 0.1) is 0 Å². The molecule has 0 saturated heterocycles. The first-order valence-electron chi connectivity index (χ1n) is 5.04. The lowest BCUT2D eigenvalue weighted by atomic mass is 10.1. The van der Waals surface area contributed by atoms with Crippen molar-refractivity contribution in [1.82, 2.24) is 4.98 Å². The molecule has 15 heavy (non-hydrogen) atoms. The van der Waals surface area contributed by atoms with Gasteiger partial charge in [0.25, 0.3) is 0 Å². The second kappa shape index (κ2) is 3.42. The summed E-state index contributed by atoms with van der Waals surface area (Å²) in [6.45, 7) is 0. The molecule has 0 atom stereocenters. The monoisotopic (exact) mass is 219 g/mol. The summed E-state index contributed by atoms with van der Waals surface area (Å²) < 4.78 is 13.6. The Morgan fingerprint density at radius 3 is 2.87 bits per heavy atom. The van der Waals surface area contributed by atoms with E-state index in [0.717, 1.165) is 5.01 Å². The molecule has 1 saturated carbocycles. The Morgan fingerprint density at radius 1 is 1.33 bits per heavy atom. The highest BCUT2D eigenvalue weighted by atomic mass is 32.1. The van der Waals surface area contributed by atoms with Crippen LogP contribution in [0.2, 0.25) is 0 Å². The number of hydrogen-bond donors (Lipinski definition) is 0. The van der Waals surface area contributed by atoms with Gasteiger partial charge < -0.3 is 0 Å². The summed E-state index contributed by atoms with van der Waals surface area (Å²) in [7, 11) is 0. The maximum Gasteiger partial charge on any atom is 0.133 e. The third-order valence-electron chi connectivity index (χ3n) is 2.70. The van der Waals surface area contributed by atoms with Crippen LogP contribution in [0.1, 0.15) is 24.3 Å². The highest BCUT2D eigenvalue weighted by molar-refractivity contribution is 7.13. The molecule has 0 unspecified atom stereocenters. The van der Waals surface area contributed by atoms with Gasteiger partial charge >= 0.3 is 0 Å². The van der Waals surface area contributed by atoms with E-state index in [9.17, 15) is 4.39 Å². The molecule has 0 spiro atoms. The summed E-state index contributed by atoms with van der Waals surface area (Å²) >= 11 is 1.48. The highest BCUT2D eigenvalue weighted by Gasteiger charge is 2.24. The Morgan fingerprint density at radius 2 is 2.20 bits per heavy atom. The number of thiazole rings is 1. The topological polar surface area (TPSA) is 12.9 Å². The van der Waals surface area contributed by atoms with Gasteiger partial charge in [-0.2, -0.15) is 0 Å². The first-order chi connectivity index (χ1) is 7.34. The smallest absolute Gasteiger partial charge is 0.133 e. The summed E-state index contributed by atoms with van der Waals surface area (Å²) in [5.41, 5.74) is 1.90. The first kappa shape index (κ1) is 9.04. The molecule has 3 rings (SSSR count). The number of hydrogen-bond acceptors (Lipinski definition) is 2. The molecular formula is C12H10FNS. The normalized spacial score (nSPS) is 15.5. The molecule has 0 N–H and O–H groups in total. The number of benzene rings is 1. The van der Waals surface area contributed by atoms with Crippen molar-refractivity contribution in [3.05, 3.63) is 41.2 Å². The highest BCUT2D eigenvalue weighted by Crippen LogP contribution is 2.41. The van der Waals surface area contributed by atoms with E-state index in [-0.39, 0.29) is 5.82 Å². The van der Waals surface area contributed by atoms with Crippen LogP contribution in [0.15, 0.2) is 29.8 Å². The van der Waals surface area contributed by atoms with Crippen molar-refractivity contribution < 1.29 is 4.39 Å². The fraction of sp³-hybridized carbons (Fsp3) is 0.250. The Balaban J connectivity index is 2.08. The van der Waals surface area contributed by atoms with Crippen molar-refractivity contribution in [1.29, 1.82) is 0 Å². The SMILES string of the molecule is Fc1ccc(C2CC2)cc1-c1nccs1. The molecule has 1 aromatic carbocycles. The van der Waals surface area contributed by atoms with E-state index in [1.165, 1.54) is 29.7 Å². The van der Waals surface area contributed by atoms with Crippen LogP contribution in [0.5, 0.6) is 0 Å². The predicted octanol–water partition coefficient (Wildman–Crippen LogP) is 3.83. The molecule has 2 aromatic rings. The zero-order valence-corrected chi connectivity index (χ0v) is 8.93. The molecule has 1 fully saturated rings. The minimum Gasteiger partial charge on any atom is -0.244 e. The minimum atomic E-state index is -0.172. The molecule has 1 nitrogen and oxygen atoms in total. The van der Waals surface area contributed by atoms with Crippen molar-refractivity contribution in [3.8, 4) is 10.6 Å². The lowest BCUT2D eigenvalue weighted by molar-refractivity contribution is 0.630. The van der Waals surface area contributed by atoms with E-state index < -0.39 is 0 Å². The van der Waals surface area contributed by atoms with Crippen LogP contribution in [0, 0.1) is 5.82 Å². The average Bonchev–Trinajstić information content (AvgIpc) is 2.95. The van der Waals surface area contributed by atoms with E-state index in [0.29, 0.717) is 11.5 Å². The van der Waals surface area contributed by atoms with Crippen molar-refractivity contribution >= 4 is 11.3 Å². The van der Waals surface area contributed by atoms with Gasteiger partial charge in [-0.3, -0.25) is 0 Å². The van der Waals surface area contributed by atoms with Crippen LogP contribution < -0.4 is 0 Å². The van der Waals surface area contributed by atoms with E-state index in [2.05, 4.69) is 4.98 Å². The van der Waals surface area contributed by atoms with Crippen LogP contribution in [0.3, 0.4) is 0 Å². The van der Waals surface area contributed by atoms with Crippen LogP contribution in [-0.4, -0.2) is 4.98 Å². The molecule has 0 bridgehead atoms. The molecule has 0 radical (unpaired) electrons. The van der Waals surface area contributed by atoms with Crippen LogP contribution >= 0.6 is 11.3 Å². The Hall–Kier alpha value is -1.22. The number of halogens is 1. The fourth-order valence-corrected chi connectivity index (χ4v) is 2.39. The van der Waals surface area contributed by atoms with Crippen LogP contribution in [0.25, 0.3) is 10.6 Å². The lowest BCUT2D eigenvalue weighted by Gasteiger charge is -2.03. The Kier molecular flexibility index (Phi) is 2.06. The third-order valence-corrected chi connectivity index (χ3v) is 3.51. The number of rotatable bonds is 2. The maximum atomic E-state index is 13.6. The van der Waals surface area contributed by atoms with Crippen molar-refractivity contribution in [2.24, 2.45) is 0 Å². The van der Waals surface area contributed by atoms with Gasteiger partial charge in [-0.05, 0) is 36.5 Å². The van der Waals surface area contributed by atoms with E-state index in [1.807, 2.05) is 17.5 Å². The van der Waals surface area contributed by atoms with Gasteiger partial charge in [0.1, 0.15) is 10.8 Å². The molecule has 1 aromatic heterocycles. The molecule has 76 valence electrons. The lowest BCUT2D eigenvalue weighted by Crippen LogP contribution is -1.87. The summed E-state index contributed by atoms with van der Waals surface area (Å²) in [5.74, 6) is 0.485. The van der Waals surface area contributed by atoms with Crippen molar-refractivity contribution in [3.63, 3.8) is 0 Å². The third kappa shape index (κ3) is 1.67. The fourth-order valence-electron chi connectivity index (χ4n) is 1.73. The largest absolute Gasteiger partial charge is 0.244 e. The van der Waals surface area contributed by atoms with Gasteiger partial charge in [-0.25, -0.2) is 9.37 Å². The molecule has 1 aliphatic carbocycles. The van der Waals surface area contributed by atoms with Gasteiger partial charge in [0.2, 0.25) is 0 Å². The summed E-state index contributed by atoms with van der Waals surface area (Å²) in [6, 6.07) is 5.40. The van der Waals surface area contributed by atoms with Crippen molar-refractivity contribution in [2.75, 3.05) is 0 Å². The first-order valence-corrected chi connectivity index (χ1v) is 5.92. The maximum absolute atomic E-state index is 13.6. The quantitative estimate of drug-likeness (QED) is 0.748. The van der Waals surface area contributed by atoms with Crippen LogP contribution in [-0.2, 0) is 0 Å². The second-order valence-corrected chi connectivity index (χ2v) is 4.75. The van der Waals surface area contributed by atoms with E-state index in [4.69, 9.17) is 0 Å². The summed E-state index contributed by atoms with van der Waals surface area (Å²) in [4.78, 5) is 4.15. The van der Waals surface area contributed by atoms with Gasteiger partial charge in [-0.15, -0.1) is 11.3 Å². The molecule has 1 heterocycles. The zero-order chi connectivity index (χ0) is 10.3. The second-order valence-electron chi connectivity index (χ2n) is 3.85. The van der Waals surface area contributed by atoms with Crippen molar-refractivity contribution in [2.45, 2.75) is 18.8 Å². The standard InChI is InChI=1S/C12H10FNS/c13-11-4-3-9(8-1-2-8)7-10(11)12-14-5-6-15-12/h3-8H,1-2H2. The summed E-state index contributed by atoms with van der Waals surface area (Å²) in [5, 5.41) is 2.65. The van der Waals surface area contributed by atoms with Crippen LogP contribution in [0.4, 0.5) is 4.39 Å². The number of aromatic nitrogens is 1. The molecule has 0 aliphatic heterocycles. The molecule has 3 heteroatoms. The van der Waals surface area contributed by atoms with Gasteiger partial charge in [-0.1, -0.05) is 6.07 Å². The van der Waals surface area contributed by atoms with Gasteiger partial charge in [0, 0.05) is 17.1 Å². The molecule has 0 amide bonds. The Labute approximate surface area is 91.6 Å².